The summed E-state index contributed by atoms with van der Waals surface area (Å²) in [5.74, 6) is 0.939. The Labute approximate surface area is 116 Å². The van der Waals surface area contributed by atoms with Crippen LogP contribution in [0.1, 0.15) is 37.0 Å². The van der Waals surface area contributed by atoms with E-state index in [0.29, 0.717) is 6.42 Å². The predicted molar refractivity (Wildman–Crippen MR) is 78.6 cm³/mol. The maximum absolute atomic E-state index is 8.55. The average molecular weight is 260 g/mol. The Kier molecular flexibility index (Phi) is 5.38. The lowest BCUT2D eigenvalue weighted by molar-refractivity contribution is 0.409. The molecule has 0 radical (unpaired) electrons. The molecule has 0 unspecified atom stereocenters. The van der Waals surface area contributed by atoms with Crippen LogP contribution in [0.4, 0.5) is 0 Å². The number of nitrogens with one attached hydrogen (secondary N) is 1. The molecule has 1 aromatic carbocycles. The molecule has 0 aliphatic rings. The first kappa shape index (κ1) is 15.5. The van der Waals surface area contributed by atoms with Gasteiger partial charge in [0.25, 0.3) is 0 Å². The van der Waals surface area contributed by atoms with Gasteiger partial charge >= 0.3 is 0 Å². The quantitative estimate of drug-likeness (QED) is 0.799. The molecule has 0 heterocycles. The van der Waals surface area contributed by atoms with Crippen molar-refractivity contribution in [3.05, 3.63) is 28.8 Å². The van der Waals surface area contributed by atoms with E-state index in [0.717, 1.165) is 24.4 Å². The van der Waals surface area contributed by atoms with E-state index in [1.54, 1.807) is 7.11 Å². The van der Waals surface area contributed by atoms with Gasteiger partial charge in [-0.3, -0.25) is 0 Å². The van der Waals surface area contributed by atoms with Crippen molar-refractivity contribution in [3.8, 4) is 11.8 Å². The first-order chi connectivity index (χ1) is 8.92. The molecule has 104 valence electrons. The number of aryl methyl sites for hydroxylation is 2. The maximum Gasteiger partial charge on any atom is 0.122 e. The summed E-state index contributed by atoms with van der Waals surface area (Å²) >= 11 is 0. The Hall–Kier alpha value is -1.53. The second-order valence-electron chi connectivity index (χ2n) is 5.61. The number of ether oxygens (including phenoxy) is 1. The predicted octanol–water partition coefficient (Wildman–Crippen LogP) is 3.09. The zero-order valence-electron chi connectivity index (χ0n) is 12.6. The topological polar surface area (TPSA) is 45.0 Å². The molecule has 3 heteroatoms. The summed E-state index contributed by atoms with van der Waals surface area (Å²) in [5, 5.41) is 11.9. The molecule has 0 aliphatic carbocycles. The molecular formula is C16H24N2O. The molecule has 1 aromatic rings. The van der Waals surface area contributed by atoms with Gasteiger partial charge < -0.3 is 10.1 Å². The molecule has 0 saturated carbocycles. The highest BCUT2D eigenvalue weighted by molar-refractivity contribution is 5.44. The number of rotatable bonds is 6. The van der Waals surface area contributed by atoms with E-state index in [1.165, 1.54) is 11.1 Å². The van der Waals surface area contributed by atoms with Crippen LogP contribution in [0.2, 0.25) is 0 Å². The van der Waals surface area contributed by atoms with Gasteiger partial charge in [-0.05, 0) is 36.6 Å². The standard InChI is InChI=1S/C16H24N2O/c1-12-10-15(19-5)13(2)9-14(12)16(3,4)11-18-8-6-7-17/h9-10,18H,6,8,11H2,1-5H3. The van der Waals surface area contributed by atoms with E-state index in [9.17, 15) is 0 Å². The fraction of sp³-hybridized carbons (Fsp3) is 0.562. The van der Waals surface area contributed by atoms with Crippen LogP contribution in [-0.2, 0) is 5.41 Å². The number of nitriles is 1. The van der Waals surface area contributed by atoms with E-state index in [-0.39, 0.29) is 5.41 Å². The molecule has 0 amide bonds. The highest BCUT2D eigenvalue weighted by Gasteiger charge is 2.23. The van der Waals surface area contributed by atoms with Gasteiger partial charge in [-0.15, -0.1) is 0 Å². The minimum absolute atomic E-state index is 0.0383. The summed E-state index contributed by atoms with van der Waals surface area (Å²) in [6, 6.07) is 6.46. The van der Waals surface area contributed by atoms with Crippen LogP contribution < -0.4 is 10.1 Å². The van der Waals surface area contributed by atoms with E-state index >= 15 is 0 Å². The van der Waals surface area contributed by atoms with Gasteiger partial charge in [-0.2, -0.15) is 5.26 Å². The number of methoxy groups -OCH3 is 1. The van der Waals surface area contributed by atoms with Gasteiger partial charge in [0.05, 0.1) is 13.2 Å². The normalized spacial score (nSPS) is 11.2. The molecule has 0 spiro atoms. The highest BCUT2D eigenvalue weighted by Crippen LogP contribution is 2.31. The monoisotopic (exact) mass is 260 g/mol. The summed E-state index contributed by atoms with van der Waals surface area (Å²) in [5.41, 5.74) is 3.77. The first-order valence-electron chi connectivity index (χ1n) is 6.65. The van der Waals surface area contributed by atoms with Crippen LogP contribution in [0.5, 0.6) is 5.75 Å². The van der Waals surface area contributed by atoms with Crippen LogP contribution in [0, 0.1) is 25.2 Å². The van der Waals surface area contributed by atoms with Crippen molar-refractivity contribution in [1.29, 1.82) is 5.26 Å². The van der Waals surface area contributed by atoms with Gasteiger partial charge in [0.2, 0.25) is 0 Å². The molecule has 0 atom stereocenters. The Morgan fingerprint density at radius 3 is 2.53 bits per heavy atom. The maximum atomic E-state index is 8.55. The third-order valence-corrected chi connectivity index (χ3v) is 3.45. The lowest BCUT2D eigenvalue weighted by atomic mass is 9.81. The minimum Gasteiger partial charge on any atom is -0.496 e. The van der Waals surface area contributed by atoms with Gasteiger partial charge in [0, 0.05) is 24.9 Å². The summed E-state index contributed by atoms with van der Waals surface area (Å²) < 4.78 is 5.35. The molecule has 0 aliphatic heterocycles. The molecular weight excluding hydrogens is 236 g/mol. The van der Waals surface area contributed by atoms with Gasteiger partial charge in [0.1, 0.15) is 5.75 Å². The third kappa shape index (κ3) is 3.97. The van der Waals surface area contributed by atoms with Crippen LogP contribution >= 0.6 is 0 Å². The Morgan fingerprint density at radius 2 is 1.95 bits per heavy atom. The van der Waals surface area contributed by atoms with E-state index < -0.39 is 0 Å². The van der Waals surface area contributed by atoms with Crippen LogP contribution in [0.25, 0.3) is 0 Å². The molecule has 3 nitrogen and oxygen atoms in total. The largest absolute Gasteiger partial charge is 0.496 e. The summed E-state index contributed by atoms with van der Waals surface area (Å²) in [6.45, 7) is 10.2. The van der Waals surface area contributed by atoms with Gasteiger partial charge in [0.15, 0.2) is 0 Å². The van der Waals surface area contributed by atoms with Crippen molar-refractivity contribution >= 4 is 0 Å². The molecule has 0 bridgehead atoms. The highest BCUT2D eigenvalue weighted by atomic mass is 16.5. The Bertz CT molecular complexity index is 472. The molecule has 1 rings (SSSR count). The fourth-order valence-corrected chi connectivity index (χ4v) is 2.38. The lowest BCUT2D eigenvalue weighted by Gasteiger charge is -2.28. The van der Waals surface area contributed by atoms with Gasteiger partial charge in [-0.25, -0.2) is 0 Å². The van der Waals surface area contributed by atoms with Crippen LogP contribution in [0.3, 0.4) is 0 Å². The molecule has 0 saturated heterocycles. The Balaban J connectivity index is 2.88. The summed E-state index contributed by atoms with van der Waals surface area (Å²) in [7, 11) is 1.70. The minimum atomic E-state index is 0.0383. The van der Waals surface area contributed by atoms with Crippen LogP contribution in [0.15, 0.2) is 12.1 Å². The fourth-order valence-electron chi connectivity index (χ4n) is 2.38. The zero-order chi connectivity index (χ0) is 14.5. The molecule has 1 N–H and O–H groups in total. The Morgan fingerprint density at radius 1 is 1.26 bits per heavy atom. The lowest BCUT2D eigenvalue weighted by Crippen LogP contribution is -2.34. The summed E-state index contributed by atoms with van der Waals surface area (Å²) in [6.07, 6.45) is 0.552. The third-order valence-electron chi connectivity index (χ3n) is 3.45. The number of nitrogens with zero attached hydrogens (tertiary/aromatic N) is 1. The molecule has 0 aromatic heterocycles. The van der Waals surface area contributed by atoms with Crippen molar-refractivity contribution in [3.63, 3.8) is 0 Å². The van der Waals surface area contributed by atoms with E-state index in [2.05, 4.69) is 51.2 Å². The van der Waals surface area contributed by atoms with Gasteiger partial charge in [-0.1, -0.05) is 19.9 Å². The van der Waals surface area contributed by atoms with Crippen molar-refractivity contribution in [2.24, 2.45) is 0 Å². The van der Waals surface area contributed by atoms with E-state index in [4.69, 9.17) is 10.00 Å². The average Bonchev–Trinajstić information content (AvgIpc) is 2.36. The number of benzene rings is 1. The SMILES string of the molecule is COc1cc(C)c(C(C)(C)CNCCC#N)cc1C. The second kappa shape index (κ2) is 6.58. The smallest absolute Gasteiger partial charge is 0.122 e. The molecule has 19 heavy (non-hydrogen) atoms. The summed E-state index contributed by atoms with van der Waals surface area (Å²) in [4.78, 5) is 0. The van der Waals surface area contributed by atoms with Crippen molar-refractivity contribution < 1.29 is 4.74 Å². The van der Waals surface area contributed by atoms with Crippen molar-refractivity contribution in [1.82, 2.24) is 5.32 Å². The van der Waals surface area contributed by atoms with Crippen molar-refractivity contribution in [2.45, 2.75) is 39.5 Å². The van der Waals surface area contributed by atoms with Crippen LogP contribution in [-0.4, -0.2) is 20.2 Å². The zero-order valence-corrected chi connectivity index (χ0v) is 12.6. The number of hydrogen-bond donors (Lipinski definition) is 1. The first-order valence-corrected chi connectivity index (χ1v) is 6.65. The van der Waals surface area contributed by atoms with E-state index in [1.807, 2.05) is 0 Å². The number of hydrogen-bond acceptors (Lipinski definition) is 3. The second-order valence-corrected chi connectivity index (χ2v) is 5.61. The van der Waals surface area contributed by atoms with Crippen molar-refractivity contribution in [2.75, 3.05) is 20.2 Å². The molecule has 0 fully saturated rings.